The van der Waals surface area contributed by atoms with Crippen molar-refractivity contribution >= 4 is 21.6 Å². The maximum atomic E-state index is 12.9. The first-order valence-corrected chi connectivity index (χ1v) is 10.1. The highest BCUT2D eigenvalue weighted by molar-refractivity contribution is 7.92. The zero-order valence-corrected chi connectivity index (χ0v) is 15.8. The third-order valence-electron chi connectivity index (χ3n) is 4.58. The van der Waals surface area contributed by atoms with E-state index in [2.05, 4.69) is 4.72 Å². The molecule has 3 rings (SSSR count). The summed E-state index contributed by atoms with van der Waals surface area (Å²) in [6.07, 6.45) is -3.80. The molecule has 2 aromatic carbocycles. The number of likely N-dealkylation sites (tertiary alicyclic amines) is 1. The van der Waals surface area contributed by atoms with Crippen LogP contribution in [0.3, 0.4) is 0 Å². The number of hydrogen-bond donors (Lipinski definition) is 1. The summed E-state index contributed by atoms with van der Waals surface area (Å²) in [7, 11) is -4.31. The van der Waals surface area contributed by atoms with Crippen LogP contribution in [0.25, 0.3) is 0 Å². The predicted octanol–water partition coefficient (Wildman–Crippen LogP) is 3.99. The quantitative estimate of drug-likeness (QED) is 0.826. The number of halogens is 3. The maximum absolute atomic E-state index is 12.9. The largest absolute Gasteiger partial charge is 0.416 e. The van der Waals surface area contributed by atoms with E-state index >= 15 is 0 Å². The van der Waals surface area contributed by atoms with Crippen molar-refractivity contribution in [3.8, 4) is 0 Å². The molecule has 150 valence electrons. The highest BCUT2D eigenvalue weighted by atomic mass is 32.2. The Labute approximate surface area is 161 Å². The van der Waals surface area contributed by atoms with Crippen molar-refractivity contribution in [2.75, 3.05) is 17.8 Å². The minimum atomic E-state index is -4.66. The molecule has 1 unspecified atom stereocenters. The van der Waals surface area contributed by atoms with Gasteiger partial charge in [-0.1, -0.05) is 25.1 Å². The number of amides is 1. The number of para-hydroxylation sites is 1. The van der Waals surface area contributed by atoms with Gasteiger partial charge in [-0.3, -0.25) is 9.52 Å². The molecule has 0 bridgehead atoms. The molecule has 0 radical (unpaired) electrons. The summed E-state index contributed by atoms with van der Waals surface area (Å²) in [5.41, 5.74) is -0.873. The van der Waals surface area contributed by atoms with Gasteiger partial charge in [-0.15, -0.1) is 0 Å². The van der Waals surface area contributed by atoms with Crippen LogP contribution in [0.1, 0.15) is 29.3 Å². The van der Waals surface area contributed by atoms with E-state index in [0.29, 0.717) is 25.1 Å². The van der Waals surface area contributed by atoms with Gasteiger partial charge in [0.25, 0.3) is 15.9 Å². The van der Waals surface area contributed by atoms with Crippen molar-refractivity contribution in [2.24, 2.45) is 5.92 Å². The Morgan fingerprint density at radius 1 is 1.14 bits per heavy atom. The number of carbonyl (C=O) groups excluding carboxylic acids is 1. The minimum Gasteiger partial charge on any atom is -0.338 e. The zero-order valence-electron chi connectivity index (χ0n) is 15.0. The molecule has 0 spiro atoms. The molecule has 28 heavy (non-hydrogen) atoms. The molecule has 1 fully saturated rings. The Morgan fingerprint density at radius 2 is 1.86 bits per heavy atom. The molecule has 1 aliphatic rings. The number of nitrogens with one attached hydrogen (secondary N) is 1. The molecule has 1 amide bonds. The van der Waals surface area contributed by atoms with E-state index in [1.807, 2.05) is 6.92 Å². The monoisotopic (exact) mass is 412 g/mol. The average Bonchev–Trinajstić information content (AvgIpc) is 3.07. The number of sulfonamides is 1. The third kappa shape index (κ3) is 4.30. The summed E-state index contributed by atoms with van der Waals surface area (Å²) in [5, 5.41) is 0. The van der Waals surface area contributed by atoms with Crippen molar-refractivity contribution in [3.63, 3.8) is 0 Å². The summed E-state index contributed by atoms with van der Waals surface area (Å²) in [4.78, 5) is 13.9. The van der Waals surface area contributed by atoms with Crippen LogP contribution in [0.2, 0.25) is 0 Å². The molecule has 1 N–H and O–H groups in total. The molecule has 0 saturated carbocycles. The SMILES string of the molecule is CC1CCN(C(=O)c2ccccc2NS(=O)(=O)c2cccc(C(F)(F)F)c2)C1. The highest BCUT2D eigenvalue weighted by Gasteiger charge is 2.32. The van der Waals surface area contributed by atoms with Crippen LogP contribution in [-0.4, -0.2) is 32.3 Å². The average molecular weight is 412 g/mol. The van der Waals surface area contributed by atoms with Crippen LogP contribution in [0.15, 0.2) is 53.4 Å². The van der Waals surface area contributed by atoms with Crippen LogP contribution in [0.5, 0.6) is 0 Å². The van der Waals surface area contributed by atoms with Crippen LogP contribution in [0.4, 0.5) is 18.9 Å². The van der Waals surface area contributed by atoms with E-state index in [9.17, 15) is 26.4 Å². The number of alkyl halides is 3. The van der Waals surface area contributed by atoms with Gasteiger partial charge < -0.3 is 4.90 Å². The van der Waals surface area contributed by atoms with Crippen LogP contribution in [0, 0.1) is 5.92 Å². The van der Waals surface area contributed by atoms with Gasteiger partial charge in [-0.25, -0.2) is 8.42 Å². The normalized spacial score (nSPS) is 17.6. The fourth-order valence-electron chi connectivity index (χ4n) is 3.09. The Bertz CT molecular complexity index is 990. The van der Waals surface area contributed by atoms with Crippen LogP contribution >= 0.6 is 0 Å². The molecule has 1 saturated heterocycles. The smallest absolute Gasteiger partial charge is 0.338 e. The second kappa shape index (κ2) is 7.46. The van der Waals surface area contributed by atoms with E-state index in [4.69, 9.17) is 0 Å². The lowest BCUT2D eigenvalue weighted by Crippen LogP contribution is -2.29. The van der Waals surface area contributed by atoms with Gasteiger partial charge in [0.1, 0.15) is 0 Å². The molecule has 0 aliphatic carbocycles. The van der Waals surface area contributed by atoms with Gasteiger partial charge >= 0.3 is 6.18 Å². The van der Waals surface area contributed by atoms with E-state index in [1.165, 1.54) is 12.1 Å². The Morgan fingerprint density at radius 3 is 2.50 bits per heavy atom. The predicted molar refractivity (Wildman–Crippen MR) is 98.4 cm³/mol. The van der Waals surface area contributed by atoms with Gasteiger partial charge in [0.05, 0.1) is 21.7 Å². The van der Waals surface area contributed by atoms with E-state index in [0.717, 1.165) is 24.6 Å². The highest BCUT2D eigenvalue weighted by Crippen LogP contribution is 2.31. The van der Waals surface area contributed by atoms with Gasteiger partial charge in [0.2, 0.25) is 0 Å². The fourth-order valence-corrected chi connectivity index (χ4v) is 4.22. The lowest BCUT2D eigenvalue weighted by atomic mass is 10.1. The fraction of sp³-hybridized carbons (Fsp3) is 0.316. The second-order valence-corrected chi connectivity index (χ2v) is 8.50. The summed E-state index contributed by atoms with van der Waals surface area (Å²) >= 11 is 0. The molecule has 0 aromatic heterocycles. The van der Waals surface area contributed by atoms with Gasteiger partial charge in [0, 0.05) is 13.1 Å². The first-order valence-electron chi connectivity index (χ1n) is 8.66. The number of hydrogen-bond acceptors (Lipinski definition) is 3. The number of anilines is 1. The van der Waals surface area contributed by atoms with Crippen molar-refractivity contribution in [1.29, 1.82) is 0 Å². The number of rotatable bonds is 4. The van der Waals surface area contributed by atoms with Crippen molar-refractivity contribution in [1.82, 2.24) is 4.90 Å². The summed E-state index contributed by atoms with van der Waals surface area (Å²) in [6, 6.07) is 9.53. The molecule has 1 atom stereocenters. The first-order chi connectivity index (χ1) is 13.1. The van der Waals surface area contributed by atoms with E-state index < -0.39 is 26.7 Å². The van der Waals surface area contributed by atoms with Crippen molar-refractivity contribution in [3.05, 3.63) is 59.7 Å². The zero-order chi connectivity index (χ0) is 20.5. The minimum absolute atomic E-state index is 0.0319. The lowest BCUT2D eigenvalue weighted by molar-refractivity contribution is -0.137. The third-order valence-corrected chi connectivity index (χ3v) is 5.95. The van der Waals surface area contributed by atoms with Crippen molar-refractivity contribution in [2.45, 2.75) is 24.4 Å². The molecular weight excluding hydrogens is 393 g/mol. The van der Waals surface area contributed by atoms with Crippen LogP contribution in [-0.2, 0) is 16.2 Å². The Kier molecular flexibility index (Phi) is 5.38. The topological polar surface area (TPSA) is 66.5 Å². The van der Waals surface area contributed by atoms with Gasteiger partial charge in [-0.05, 0) is 42.7 Å². The van der Waals surface area contributed by atoms with E-state index in [-0.39, 0.29) is 17.2 Å². The molecule has 5 nitrogen and oxygen atoms in total. The first kappa shape index (κ1) is 20.2. The Hall–Kier alpha value is -2.55. The standard InChI is InChI=1S/C19H19F3N2O3S/c1-13-9-10-24(12-13)18(25)16-7-2-3-8-17(16)23-28(26,27)15-6-4-5-14(11-15)19(20,21)22/h2-8,11,13,23H,9-10,12H2,1H3. The van der Waals surface area contributed by atoms with Gasteiger partial charge in [-0.2, -0.15) is 13.2 Å². The molecule has 1 heterocycles. The second-order valence-electron chi connectivity index (χ2n) is 6.82. The van der Waals surface area contributed by atoms with Gasteiger partial charge in [0.15, 0.2) is 0 Å². The summed E-state index contributed by atoms with van der Waals surface area (Å²) < 4.78 is 66.2. The number of carbonyl (C=O) groups is 1. The van der Waals surface area contributed by atoms with Crippen LogP contribution < -0.4 is 4.72 Å². The number of nitrogens with zero attached hydrogens (tertiary/aromatic N) is 1. The molecular formula is C19H19F3N2O3S. The Balaban J connectivity index is 1.91. The lowest BCUT2D eigenvalue weighted by Gasteiger charge is -2.19. The molecule has 1 aliphatic heterocycles. The maximum Gasteiger partial charge on any atom is 0.416 e. The molecule has 9 heteroatoms. The number of benzene rings is 2. The van der Waals surface area contributed by atoms with E-state index in [1.54, 1.807) is 17.0 Å². The summed E-state index contributed by atoms with van der Waals surface area (Å²) in [6.45, 7) is 3.18. The van der Waals surface area contributed by atoms with Crippen molar-refractivity contribution < 1.29 is 26.4 Å². The summed E-state index contributed by atoms with van der Waals surface area (Å²) in [5.74, 6) is 0.0459. The molecule has 2 aromatic rings.